The Balaban J connectivity index is 1.45. The molecule has 0 spiro atoms. The van der Waals surface area contributed by atoms with E-state index in [2.05, 4.69) is 5.32 Å². The number of hydrogen-bond donors (Lipinski definition) is 1. The van der Waals surface area contributed by atoms with Crippen molar-refractivity contribution in [2.75, 3.05) is 23.8 Å². The van der Waals surface area contributed by atoms with Gasteiger partial charge in [0, 0.05) is 23.0 Å². The summed E-state index contributed by atoms with van der Waals surface area (Å²) in [6, 6.07) is 18.5. The first-order valence-corrected chi connectivity index (χ1v) is 10.5. The summed E-state index contributed by atoms with van der Waals surface area (Å²) in [6.45, 7) is 2.58. The first kappa shape index (κ1) is 21.2. The highest BCUT2D eigenvalue weighted by Gasteiger charge is 2.30. The molecule has 1 N–H and O–H groups in total. The van der Waals surface area contributed by atoms with E-state index in [9.17, 15) is 9.59 Å². The van der Waals surface area contributed by atoms with Crippen LogP contribution in [-0.4, -0.2) is 36.3 Å². The molecule has 4 rings (SSSR count). The van der Waals surface area contributed by atoms with Gasteiger partial charge in [0.25, 0.3) is 0 Å². The second kappa shape index (κ2) is 8.96. The molecule has 1 aromatic heterocycles. The van der Waals surface area contributed by atoms with Crippen LogP contribution < -0.4 is 10.2 Å². The number of benzene rings is 2. The van der Waals surface area contributed by atoms with Gasteiger partial charge in [-0.25, -0.2) is 0 Å². The second-order valence-corrected chi connectivity index (χ2v) is 8.26. The molecule has 2 aromatic carbocycles. The Morgan fingerprint density at radius 2 is 1.90 bits per heavy atom. The van der Waals surface area contributed by atoms with E-state index >= 15 is 0 Å². The number of fused-ring (bicyclic) bond motifs is 1. The Morgan fingerprint density at radius 3 is 2.68 bits per heavy atom. The average molecular weight is 438 g/mol. The van der Waals surface area contributed by atoms with Gasteiger partial charge < -0.3 is 14.6 Å². The lowest BCUT2D eigenvalue weighted by molar-refractivity contribution is -0.120. The Hall–Kier alpha value is -3.09. The zero-order valence-corrected chi connectivity index (χ0v) is 18.2. The molecule has 1 aliphatic rings. The van der Waals surface area contributed by atoms with Crippen molar-refractivity contribution in [2.45, 2.75) is 25.9 Å². The lowest BCUT2D eigenvalue weighted by Crippen LogP contribution is -2.44. The minimum atomic E-state index is -0.232. The zero-order chi connectivity index (χ0) is 22.0. The standard InChI is InChI=1S/C24H24ClN3O3/c1-16-13-23(29)26-20-5-3-4-6-21(20)28(16)24(30)15-27(2)14-19-11-12-22(31-19)17-7-9-18(25)10-8-17/h3-12,16H,13-15H2,1-2H3,(H,26,29)/t16-/m0/s1. The number of furan rings is 1. The van der Waals surface area contributed by atoms with Crippen LogP contribution in [0.1, 0.15) is 19.1 Å². The third kappa shape index (κ3) is 4.81. The number of nitrogens with one attached hydrogen (secondary N) is 1. The van der Waals surface area contributed by atoms with E-state index in [1.165, 1.54) is 0 Å². The highest BCUT2D eigenvalue weighted by molar-refractivity contribution is 6.30. The molecular formula is C24H24ClN3O3. The number of anilines is 2. The number of carbonyl (C=O) groups excluding carboxylic acids is 2. The molecule has 1 aliphatic heterocycles. The normalized spacial score (nSPS) is 16.1. The van der Waals surface area contributed by atoms with Crippen LogP contribution in [0.4, 0.5) is 11.4 Å². The molecule has 2 heterocycles. The van der Waals surface area contributed by atoms with Crippen LogP contribution in [0.15, 0.2) is 65.1 Å². The molecule has 0 bridgehead atoms. The van der Waals surface area contributed by atoms with E-state index in [1.807, 2.05) is 79.5 Å². The number of likely N-dealkylation sites (N-methyl/N-ethyl adjacent to an activating group) is 1. The summed E-state index contributed by atoms with van der Waals surface area (Å²) in [5.74, 6) is 1.37. The van der Waals surface area contributed by atoms with Crippen molar-refractivity contribution in [2.24, 2.45) is 0 Å². The van der Waals surface area contributed by atoms with E-state index in [1.54, 1.807) is 4.90 Å². The molecule has 31 heavy (non-hydrogen) atoms. The van der Waals surface area contributed by atoms with Gasteiger partial charge in [-0.2, -0.15) is 0 Å². The highest BCUT2D eigenvalue weighted by atomic mass is 35.5. The van der Waals surface area contributed by atoms with Crippen molar-refractivity contribution in [3.8, 4) is 11.3 Å². The van der Waals surface area contributed by atoms with Gasteiger partial charge in [0.15, 0.2) is 0 Å². The lowest BCUT2D eigenvalue weighted by atomic mass is 10.1. The van der Waals surface area contributed by atoms with Crippen LogP contribution >= 0.6 is 11.6 Å². The third-order valence-corrected chi connectivity index (χ3v) is 5.50. The third-order valence-electron chi connectivity index (χ3n) is 5.25. The summed E-state index contributed by atoms with van der Waals surface area (Å²) in [5.41, 5.74) is 2.33. The summed E-state index contributed by atoms with van der Waals surface area (Å²) >= 11 is 5.95. The van der Waals surface area contributed by atoms with E-state index < -0.39 is 0 Å². The Labute approximate surface area is 186 Å². The van der Waals surface area contributed by atoms with E-state index in [4.69, 9.17) is 16.0 Å². The molecule has 0 unspecified atom stereocenters. The fourth-order valence-electron chi connectivity index (χ4n) is 3.83. The van der Waals surface area contributed by atoms with Gasteiger partial charge in [-0.3, -0.25) is 14.5 Å². The largest absolute Gasteiger partial charge is 0.460 e. The predicted octanol–water partition coefficient (Wildman–Crippen LogP) is 4.80. The molecule has 160 valence electrons. The summed E-state index contributed by atoms with van der Waals surface area (Å²) in [4.78, 5) is 29.0. The van der Waals surface area contributed by atoms with Gasteiger partial charge in [0.2, 0.25) is 11.8 Å². The molecular weight excluding hydrogens is 414 g/mol. The van der Waals surface area contributed by atoms with E-state index in [-0.39, 0.29) is 30.8 Å². The fraction of sp³-hybridized carbons (Fsp3) is 0.250. The van der Waals surface area contributed by atoms with Crippen LogP contribution in [0.5, 0.6) is 0 Å². The van der Waals surface area contributed by atoms with E-state index in [0.29, 0.717) is 17.3 Å². The van der Waals surface area contributed by atoms with Crippen molar-refractivity contribution < 1.29 is 14.0 Å². The molecule has 0 fully saturated rings. The zero-order valence-electron chi connectivity index (χ0n) is 17.5. The molecule has 0 saturated heterocycles. The molecule has 2 amide bonds. The summed E-state index contributed by atoms with van der Waals surface area (Å²) in [6.07, 6.45) is 0.257. The maximum atomic E-state index is 13.2. The number of rotatable bonds is 5. The monoisotopic (exact) mass is 437 g/mol. The number of carbonyl (C=O) groups is 2. The molecule has 0 radical (unpaired) electrons. The van der Waals surface area contributed by atoms with Crippen LogP contribution in [0, 0.1) is 0 Å². The Morgan fingerprint density at radius 1 is 1.16 bits per heavy atom. The topological polar surface area (TPSA) is 65.8 Å². The van der Waals surface area contributed by atoms with Crippen molar-refractivity contribution in [3.63, 3.8) is 0 Å². The Bertz CT molecular complexity index is 1090. The minimum absolute atomic E-state index is 0.0663. The van der Waals surface area contributed by atoms with Gasteiger partial charge in [-0.05, 0) is 62.5 Å². The molecule has 0 aliphatic carbocycles. The van der Waals surface area contributed by atoms with Crippen LogP contribution in [-0.2, 0) is 16.1 Å². The average Bonchev–Trinajstić information content (AvgIpc) is 3.12. The van der Waals surface area contributed by atoms with Crippen LogP contribution in [0.25, 0.3) is 11.3 Å². The van der Waals surface area contributed by atoms with Gasteiger partial charge in [0.05, 0.1) is 24.5 Å². The lowest BCUT2D eigenvalue weighted by Gasteiger charge is -2.29. The van der Waals surface area contributed by atoms with Gasteiger partial charge in [-0.1, -0.05) is 23.7 Å². The SMILES string of the molecule is C[C@H]1CC(=O)Nc2ccccc2N1C(=O)CN(C)Cc1ccc(-c2ccc(Cl)cc2)o1. The number of para-hydroxylation sites is 2. The number of halogens is 1. The molecule has 7 heteroatoms. The van der Waals surface area contributed by atoms with E-state index in [0.717, 1.165) is 22.8 Å². The first-order chi connectivity index (χ1) is 14.9. The van der Waals surface area contributed by atoms with Crippen LogP contribution in [0.3, 0.4) is 0 Å². The van der Waals surface area contributed by atoms with Crippen molar-refractivity contribution in [3.05, 3.63) is 71.4 Å². The summed E-state index contributed by atoms with van der Waals surface area (Å²) in [5, 5.41) is 3.56. The minimum Gasteiger partial charge on any atom is -0.460 e. The number of amides is 2. The van der Waals surface area contributed by atoms with Gasteiger partial charge >= 0.3 is 0 Å². The maximum Gasteiger partial charge on any atom is 0.241 e. The second-order valence-electron chi connectivity index (χ2n) is 7.83. The Kier molecular flexibility index (Phi) is 6.11. The smallest absolute Gasteiger partial charge is 0.241 e. The highest BCUT2D eigenvalue weighted by Crippen LogP contribution is 2.31. The summed E-state index contributed by atoms with van der Waals surface area (Å²) in [7, 11) is 1.88. The van der Waals surface area contributed by atoms with Crippen molar-refractivity contribution in [1.82, 2.24) is 4.90 Å². The molecule has 0 saturated carbocycles. The van der Waals surface area contributed by atoms with Crippen LogP contribution in [0.2, 0.25) is 5.02 Å². The molecule has 3 aromatic rings. The number of hydrogen-bond acceptors (Lipinski definition) is 4. The summed E-state index contributed by atoms with van der Waals surface area (Å²) < 4.78 is 5.95. The number of nitrogens with zero attached hydrogens (tertiary/aromatic N) is 2. The predicted molar refractivity (Wildman–Crippen MR) is 122 cm³/mol. The molecule has 6 nitrogen and oxygen atoms in total. The maximum absolute atomic E-state index is 13.2. The quantitative estimate of drug-likeness (QED) is 0.622. The van der Waals surface area contributed by atoms with Crippen molar-refractivity contribution >= 4 is 34.8 Å². The van der Waals surface area contributed by atoms with Crippen molar-refractivity contribution in [1.29, 1.82) is 0 Å². The fourth-order valence-corrected chi connectivity index (χ4v) is 3.96. The van der Waals surface area contributed by atoms with Gasteiger partial charge in [0.1, 0.15) is 11.5 Å². The molecule has 1 atom stereocenters. The van der Waals surface area contributed by atoms with Gasteiger partial charge in [-0.15, -0.1) is 0 Å². The first-order valence-electron chi connectivity index (χ1n) is 10.1.